The number of carbonyl (C=O) groups excluding carboxylic acids is 1. The molecule has 1 N–H and O–H groups in total. The van der Waals surface area contributed by atoms with Gasteiger partial charge in [0, 0.05) is 42.3 Å². The smallest absolute Gasteiger partial charge is 0.220 e. The van der Waals surface area contributed by atoms with E-state index in [1.807, 2.05) is 38.1 Å². The number of nitrogens with zero attached hydrogens (tertiary/aromatic N) is 3. The van der Waals surface area contributed by atoms with Crippen molar-refractivity contribution < 1.29 is 4.79 Å². The molecule has 1 aromatic heterocycles. The number of rotatable bonds is 6. The fraction of sp³-hybridized carbons (Fsp3) is 0.263. The lowest BCUT2D eigenvalue weighted by atomic mass is 10.1. The van der Waals surface area contributed by atoms with Gasteiger partial charge in [-0.15, -0.1) is 0 Å². The Morgan fingerprint density at radius 1 is 1.29 bits per heavy atom. The summed E-state index contributed by atoms with van der Waals surface area (Å²) in [6, 6.07) is 6.00. The van der Waals surface area contributed by atoms with Gasteiger partial charge in [0.2, 0.25) is 5.91 Å². The van der Waals surface area contributed by atoms with E-state index in [2.05, 4.69) is 27.0 Å². The molecule has 124 valence electrons. The molecule has 0 aliphatic rings. The molecule has 1 heterocycles. The highest BCUT2D eigenvalue weighted by atomic mass is 16.1. The summed E-state index contributed by atoms with van der Waals surface area (Å²) in [6.45, 7) is 7.94. The summed E-state index contributed by atoms with van der Waals surface area (Å²) in [6.07, 6.45) is 8.43. The van der Waals surface area contributed by atoms with Gasteiger partial charge in [0.15, 0.2) is 0 Å². The average molecular weight is 322 g/mol. The summed E-state index contributed by atoms with van der Waals surface area (Å²) in [5.41, 5.74) is 2.69. The van der Waals surface area contributed by atoms with Crippen LogP contribution in [0.3, 0.4) is 0 Å². The zero-order valence-electron chi connectivity index (χ0n) is 14.1. The number of hydrogen-bond acceptors (Lipinski definition) is 4. The zero-order valence-corrected chi connectivity index (χ0v) is 14.1. The molecule has 0 atom stereocenters. The summed E-state index contributed by atoms with van der Waals surface area (Å²) >= 11 is 0. The van der Waals surface area contributed by atoms with Crippen LogP contribution >= 0.6 is 0 Å². The van der Waals surface area contributed by atoms with E-state index in [-0.39, 0.29) is 5.91 Å². The number of aromatic nitrogens is 2. The molecule has 0 aliphatic heterocycles. The largest absolute Gasteiger partial charge is 0.353 e. The maximum Gasteiger partial charge on any atom is 0.220 e. The first-order valence-electron chi connectivity index (χ1n) is 7.96. The van der Waals surface area contributed by atoms with Gasteiger partial charge in [-0.25, -0.2) is 0 Å². The molecule has 5 heteroatoms. The monoisotopic (exact) mass is 322 g/mol. The van der Waals surface area contributed by atoms with Gasteiger partial charge in [0.25, 0.3) is 0 Å². The maximum absolute atomic E-state index is 11.5. The summed E-state index contributed by atoms with van der Waals surface area (Å²) in [7, 11) is 0. The number of carbonyl (C=O) groups is 1. The van der Waals surface area contributed by atoms with Crippen molar-refractivity contribution >= 4 is 24.9 Å². The topological polar surface area (TPSA) is 67.2 Å². The van der Waals surface area contributed by atoms with E-state index in [0.29, 0.717) is 13.0 Å². The van der Waals surface area contributed by atoms with Crippen LogP contribution in [-0.2, 0) is 4.79 Å². The first-order chi connectivity index (χ1) is 11.7. The SMILES string of the molecule is C=N/C=c1/cc(-c2nccnc2C)cc/c1=C/CNC(=O)CCC. The van der Waals surface area contributed by atoms with Crippen LogP contribution in [-0.4, -0.2) is 29.1 Å². The third kappa shape index (κ3) is 4.59. The summed E-state index contributed by atoms with van der Waals surface area (Å²) < 4.78 is 0. The quantitative estimate of drug-likeness (QED) is 0.821. The Morgan fingerprint density at radius 2 is 2.08 bits per heavy atom. The number of nitrogens with one attached hydrogen (secondary N) is 1. The molecule has 0 saturated carbocycles. The van der Waals surface area contributed by atoms with E-state index in [4.69, 9.17) is 0 Å². The predicted molar refractivity (Wildman–Crippen MR) is 97.9 cm³/mol. The minimum Gasteiger partial charge on any atom is -0.353 e. The van der Waals surface area contributed by atoms with Gasteiger partial charge in [0.1, 0.15) is 0 Å². The van der Waals surface area contributed by atoms with Crippen molar-refractivity contribution in [2.45, 2.75) is 26.7 Å². The van der Waals surface area contributed by atoms with Crippen molar-refractivity contribution in [3.8, 4) is 11.3 Å². The minimum atomic E-state index is 0.0629. The van der Waals surface area contributed by atoms with Gasteiger partial charge < -0.3 is 5.32 Å². The van der Waals surface area contributed by atoms with Crippen molar-refractivity contribution in [3.05, 3.63) is 46.7 Å². The number of amides is 1. The van der Waals surface area contributed by atoms with Crippen LogP contribution in [0, 0.1) is 6.92 Å². The Bertz CT molecular complexity index is 843. The normalized spacial score (nSPS) is 12.2. The summed E-state index contributed by atoms with van der Waals surface area (Å²) in [4.78, 5) is 24.1. The van der Waals surface area contributed by atoms with Crippen molar-refractivity contribution in [2.24, 2.45) is 4.99 Å². The first kappa shape index (κ1) is 17.5. The number of aliphatic imine (C=N–C) groups is 1. The molecule has 5 nitrogen and oxygen atoms in total. The van der Waals surface area contributed by atoms with Gasteiger partial charge in [0.05, 0.1) is 11.4 Å². The zero-order chi connectivity index (χ0) is 17.4. The molecule has 2 rings (SSSR count). The third-order valence-electron chi connectivity index (χ3n) is 3.57. The van der Waals surface area contributed by atoms with Gasteiger partial charge >= 0.3 is 0 Å². The van der Waals surface area contributed by atoms with Gasteiger partial charge in [-0.1, -0.05) is 25.1 Å². The molecule has 0 fully saturated rings. The number of aryl methyl sites for hydroxylation is 1. The van der Waals surface area contributed by atoms with E-state index in [1.54, 1.807) is 18.6 Å². The van der Waals surface area contributed by atoms with Gasteiger partial charge in [-0.05, 0) is 31.3 Å². The molecule has 0 radical (unpaired) electrons. The fourth-order valence-electron chi connectivity index (χ4n) is 2.40. The first-order valence-corrected chi connectivity index (χ1v) is 7.96. The second-order valence-corrected chi connectivity index (χ2v) is 5.40. The van der Waals surface area contributed by atoms with Crippen LogP contribution < -0.4 is 15.8 Å². The Labute approximate surface area is 141 Å². The van der Waals surface area contributed by atoms with Crippen LogP contribution in [0.15, 0.2) is 35.6 Å². The maximum atomic E-state index is 11.5. The Kier molecular flexibility index (Phi) is 6.37. The summed E-state index contributed by atoms with van der Waals surface area (Å²) in [5, 5.41) is 4.80. The van der Waals surface area contributed by atoms with Crippen LogP contribution in [0.4, 0.5) is 0 Å². The molecular weight excluding hydrogens is 300 g/mol. The lowest BCUT2D eigenvalue weighted by Crippen LogP contribution is -2.29. The van der Waals surface area contributed by atoms with Crippen LogP contribution in [0.2, 0.25) is 0 Å². The second-order valence-electron chi connectivity index (χ2n) is 5.40. The van der Waals surface area contributed by atoms with Crippen molar-refractivity contribution in [1.82, 2.24) is 15.3 Å². The van der Waals surface area contributed by atoms with E-state index in [0.717, 1.165) is 33.8 Å². The molecule has 2 aromatic rings. The molecule has 0 spiro atoms. The van der Waals surface area contributed by atoms with Crippen molar-refractivity contribution in [1.29, 1.82) is 0 Å². The number of hydrogen-bond donors (Lipinski definition) is 1. The Balaban J connectivity index is 2.34. The molecule has 0 bridgehead atoms. The fourth-order valence-corrected chi connectivity index (χ4v) is 2.40. The lowest BCUT2D eigenvalue weighted by molar-refractivity contribution is -0.120. The minimum absolute atomic E-state index is 0.0629. The highest BCUT2D eigenvalue weighted by Gasteiger charge is 2.03. The third-order valence-corrected chi connectivity index (χ3v) is 3.57. The van der Waals surface area contributed by atoms with Crippen molar-refractivity contribution in [2.75, 3.05) is 6.54 Å². The van der Waals surface area contributed by atoms with E-state index < -0.39 is 0 Å². The van der Waals surface area contributed by atoms with Gasteiger partial charge in [-0.3, -0.25) is 19.8 Å². The molecule has 1 amide bonds. The van der Waals surface area contributed by atoms with Crippen LogP contribution in [0.5, 0.6) is 0 Å². The highest BCUT2D eigenvalue weighted by molar-refractivity contribution is 5.76. The standard InChI is InChI=1S/C19H22N4O/c1-4-5-18(24)22-9-8-15-6-7-16(12-17(15)13-20-3)19-14(2)21-10-11-23-19/h6-8,10-13H,3-5,9H2,1-2H3,(H,22,24)/b15-8-,17-13-. The second kappa shape index (κ2) is 8.72. The molecule has 0 aliphatic carbocycles. The lowest BCUT2D eigenvalue weighted by Gasteiger charge is -2.04. The molecule has 1 aromatic carbocycles. The van der Waals surface area contributed by atoms with Gasteiger partial charge in [-0.2, -0.15) is 0 Å². The Hall–Kier alpha value is -2.82. The van der Waals surface area contributed by atoms with E-state index in [9.17, 15) is 4.79 Å². The average Bonchev–Trinajstić information content (AvgIpc) is 2.57. The van der Waals surface area contributed by atoms with Crippen molar-refractivity contribution in [3.63, 3.8) is 0 Å². The molecule has 0 saturated heterocycles. The molecule has 0 unspecified atom stereocenters. The van der Waals surface area contributed by atoms with Crippen LogP contribution in [0.1, 0.15) is 25.5 Å². The molecular formula is C19H22N4O. The number of benzene rings is 1. The van der Waals surface area contributed by atoms with E-state index in [1.165, 1.54) is 0 Å². The highest BCUT2D eigenvalue weighted by Crippen LogP contribution is 2.15. The Morgan fingerprint density at radius 3 is 2.79 bits per heavy atom. The summed E-state index contributed by atoms with van der Waals surface area (Å²) in [5.74, 6) is 0.0629. The molecule has 24 heavy (non-hydrogen) atoms. The van der Waals surface area contributed by atoms with E-state index >= 15 is 0 Å². The predicted octanol–water partition coefficient (Wildman–Crippen LogP) is 1.59. The van der Waals surface area contributed by atoms with Crippen LogP contribution in [0.25, 0.3) is 23.5 Å².